The molecule has 95 heavy (non-hydrogen) atoms. The average Bonchev–Trinajstić information content (AvgIpc) is 1.21. The van der Waals surface area contributed by atoms with Crippen LogP contribution in [0.25, 0.3) is 0 Å². The summed E-state index contributed by atoms with van der Waals surface area (Å²) in [7, 11) is -9.92. The molecule has 0 aliphatic rings. The molecule has 0 spiro atoms. The van der Waals surface area contributed by atoms with Gasteiger partial charge in [0.15, 0.2) is 12.2 Å². The summed E-state index contributed by atoms with van der Waals surface area (Å²) in [6.07, 6.45) is 55.0. The number of aliphatic hydroxyl groups excluding tert-OH is 1. The molecule has 0 radical (unpaired) electrons. The Kier molecular flexibility index (Phi) is 64.4. The van der Waals surface area contributed by atoms with Crippen molar-refractivity contribution in [3.8, 4) is 0 Å². The molecule has 3 N–H and O–H groups in total. The van der Waals surface area contributed by atoms with E-state index < -0.39 is 97.5 Å². The van der Waals surface area contributed by atoms with Crippen molar-refractivity contribution in [1.29, 1.82) is 0 Å². The maximum absolute atomic E-state index is 13.1. The first-order chi connectivity index (χ1) is 45.7. The van der Waals surface area contributed by atoms with Gasteiger partial charge >= 0.3 is 39.5 Å². The maximum atomic E-state index is 13.1. The Balaban J connectivity index is 5.26. The van der Waals surface area contributed by atoms with Gasteiger partial charge in [0.1, 0.15) is 19.3 Å². The molecule has 0 fully saturated rings. The van der Waals surface area contributed by atoms with Crippen LogP contribution in [-0.4, -0.2) is 96.7 Å². The van der Waals surface area contributed by atoms with Gasteiger partial charge in [0.25, 0.3) is 0 Å². The number of unbranched alkanes of at least 4 members (excludes halogenated alkanes) is 37. The summed E-state index contributed by atoms with van der Waals surface area (Å²) in [6, 6.07) is 0. The zero-order valence-electron chi connectivity index (χ0n) is 61.6. The maximum Gasteiger partial charge on any atom is 0.472 e. The van der Waals surface area contributed by atoms with Crippen LogP contribution in [0, 0.1) is 17.8 Å². The van der Waals surface area contributed by atoms with Crippen LogP contribution in [0.3, 0.4) is 0 Å². The first-order valence-corrected chi connectivity index (χ1v) is 41.7. The van der Waals surface area contributed by atoms with Crippen LogP contribution in [0.1, 0.15) is 363 Å². The number of phosphoric ester groups is 2. The highest BCUT2D eigenvalue weighted by Gasteiger charge is 2.30. The van der Waals surface area contributed by atoms with E-state index in [1.807, 2.05) is 0 Å². The van der Waals surface area contributed by atoms with Crippen molar-refractivity contribution in [2.24, 2.45) is 17.8 Å². The van der Waals surface area contributed by atoms with E-state index in [0.717, 1.165) is 127 Å². The highest BCUT2D eigenvalue weighted by Crippen LogP contribution is 2.45. The lowest BCUT2D eigenvalue weighted by atomic mass is 10.0. The number of ether oxygens (including phenoxy) is 4. The van der Waals surface area contributed by atoms with E-state index in [4.69, 9.17) is 37.0 Å². The molecule has 17 nitrogen and oxygen atoms in total. The fraction of sp³-hybridized carbons (Fsp3) is 0.895. The lowest BCUT2D eigenvalue weighted by Crippen LogP contribution is -2.30. The second-order valence-corrected chi connectivity index (χ2v) is 31.0. The van der Waals surface area contributed by atoms with Gasteiger partial charge in [-0.1, -0.05) is 310 Å². The molecular weight excluding hydrogens is 1250 g/mol. The predicted octanol–water partition coefficient (Wildman–Crippen LogP) is 21.7. The van der Waals surface area contributed by atoms with Gasteiger partial charge < -0.3 is 33.8 Å². The molecule has 3 unspecified atom stereocenters. The van der Waals surface area contributed by atoms with Crippen molar-refractivity contribution in [1.82, 2.24) is 0 Å². The van der Waals surface area contributed by atoms with Gasteiger partial charge in [-0.25, -0.2) is 9.13 Å². The van der Waals surface area contributed by atoms with E-state index in [9.17, 15) is 43.2 Å². The highest BCUT2D eigenvalue weighted by molar-refractivity contribution is 7.47. The summed E-state index contributed by atoms with van der Waals surface area (Å²) in [5.74, 6) is 0.0881. The molecule has 0 aliphatic carbocycles. The molecule has 5 atom stereocenters. The molecule has 0 aliphatic heterocycles. The molecule has 0 heterocycles. The summed E-state index contributed by atoms with van der Waals surface area (Å²) in [4.78, 5) is 72.8. The van der Waals surface area contributed by atoms with E-state index in [1.54, 1.807) is 0 Å². The Morgan fingerprint density at radius 2 is 0.568 bits per heavy atom. The van der Waals surface area contributed by atoms with Gasteiger partial charge in [-0.05, 0) is 69.1 Å². The zero-order chi connectivity index (χ0) is 70.1. The van der Waals surface area contributed by atoms with Gasteiger partial charge in [0.05, 0.1) is 26.4 Å². The number of hydrogen-bond acceptors (Lipinski definition) is 15. The molecule has 0 aromatic heterocycles. The van der Waals surface area contributed by atoms with Crippen molar-refractivity contribution in [2.75, 3.05) is 39.6 Å². The van der Waals surface area contributed by atoms with Crippen molar-refractivity contribution in [3.05, 3.63) is 24.3 Å². The first-order valence-electron chi connectivity index (χ1n) is 38.7. The van der Waals surface area contributed by atoms with Crippen LogP contribution in [0.5, 0.6) is 0 Å². The second kappa shape index (κ2) is 66.1. The Labute approximate surface area is 580 Å². The number of carbonyl (C=O) groups excluding carboxylic acids is 4. The molecule has 0 aromatic rings. The van der Waals surface area contributed by atoms with Crippen molar-refractivity contribution in [3.63, 3.8) is 0 Å². The Morgan fingerprint density at radius 1 is 0.326 bits per heavy atom. The van der Waals surface area contributed by atoms with E-state index in [-0.39, 0.29) is 25.7 Å². The standard InChI is InChI=1S/C76H144O17P2/c1-8-9-10-11-12-13-14-15-17-21-24-29-36-43-50-57-73(78)86-63-71(93-76(81)60-53-46-38-31-26-28-34-41-48-55-68(4)5)65-90-94(82,83)88-61-70(77)62-89-95(84,85)91-66-72(64-87-74(79)58-51-44-39-32-35-42-49-56-69(6)7)92-75(80)59-52-45-37-30-25-22-19-16-18-20-23-27-33-40-47-54-67(2)3/h13-15,17,67-72,77H,8-12,16,18-66H2,1-7H3,(H,82,83)(H,84,85)/b14-13-,17-15-/t70?,71-,72-/m1/s1. The summed E-state index contributed by atoms with van der Waals surface area (Å²) in [6.45, 7) is 11.8. The minimum atomic E-state index is -4.96. The van der Waals surface area contributed by atoms with Gasteiger partial charge in [-0.3, -0.25) is 37.3 Å². The number of hydrogen-bond donors (Lipinski definition) is 3. The van der Waals surface area contributed by atoms with E-state index >= 15 is 0 Å². The Morgan fingerprint density at radius 3 is 0.853 bits per heavy atom. The monoisotopic (exact) mass is 1390 g/mol. The third-order valence-corrected chi connectivity index (χ3v) is 18.9. The Hall–Kier alpha value is -2.46. The number of carbonyl (C=O) groups is 4. The molecule has 0 amide bonds. The summed E-state index contributed by atoms with van der Waals surface area (Å²) in [5, 5.41) is 10.6. The molecule has 560 valence electrons. The average molecular weight is 1390 g/mol. The minimum absolute atomic E-state index is 0.0981. The quantitative estimate of drug-likeness (QED) is 0.0169. The minimum Gasteiger partial charge on any atom is -0.462 e. The van der Waals surface area contributed by atoms with Gasteiger partial charge in [0.2, 0.25) is 0 Å². The largest absolute Gasteiger partial charge is 0.472 e. The molecule has 0 saturated heterocycles. The first kappa shape index (κ1) is 92.5. The van der Waals surface area contributed by atoms with Gasteiger partial charge in [-0.2, -0.15) is 0 Å². The van der Waals surface area contributed by atoms with E-state index in [2.05, 4.69) is 72.8 Å². The smallest absolute Gasteiger partial charge is 0.462 e. The Bertz CT molecular complexity index is 1950. The number of esters is 4. The topological polar surface area (TPSA) is 237 Å². The molecule has 0 bridgehead atoms. The summed E-state index contributed by atoms with van der Waals surface area (Å²) >= 11 is 0. The van der Waals surface area contributed by atoms with Gasteiger partial charge in [-0.15, -0.1) is 0 Å². The summed E-state index contributed by atoms with van der Waals surface area (Å²) in [5.41, 5.74) is 0. The SMILES string of the molecule is CCCCCC/C=C\C=C/CCCCCCCC(=O)OC[C@H](COP(=O)(O)OCC(O)COP(=O)(O)OC[C@@H](COC(=O)CCCCCCCCCC(C)C)OC(=O)CCCCCCCCCCCCCCCCCC(C)C)OC(=O)CCCCCCCCCCCC(C)C. The van der Waals surface area contributed by atoms with Crippen molar-refractivity contribution < 1.29 is 80.2 Å². The molecule has 19 heteroatoms. The van der Waals surface area contributed by atoms with Crippen LogP contribution in [0.2, 0.25) is 0 Å². The van der Waals surface area contributed by atoms with Crippen molar-refractivity contribution in [2.45, 2.75) is 381 Å². The number of aliphatic hydroxyl groups is 1. The predicted molar refractivity (Wildman–Crippen MR) is 386 cm³/mol. The molecule has 0 rings (SSSR count). The summed E-state index contributed by atoms with van der Waals surface area (Å²) < 4.78 is 68.4. The van der Waals surface area contributed by atoms with Gasteiger partial charge in [0, 0.05) is 25.7 Å². The lowest BCUT2D eigenvalue weighted by molar-refractivity contribution is -0.161. The van der Waals surface area contributed by atoms with E-state index in [1.165, 1.54) is 148 Å². The third-order valence-electron chi connectivity index (χ3n) is 17.0. The normalized spacial score (nSPS) is 14.2. The number of phosphoric acid groups is 2. The van der Waals surface area contributed by atoms with Crippen LogP contribution >= 0.6 is 15.6 Å². The second-order valence-electron chi connectivity index (χ2n) is 28.1. The number of rotatable bonds is 72. The van der Waals surface area contributed by atoms with Crippen LogP contribution in [0.15, 0.2) is 24.3 Å². The lowest BCUT2D eigenvalue weighted by Gasteiger charge is -2.21. The molecular formula is C76H144O17P2. The zero-order valence-corrected chi connectivity index (χ0v) is 63.4. The third kappa shape index (κ3) is 69.8. The van der Waals surface area contributed by atoms with Crippen LogP contribution in [0.4, 0.5) is 0 Å². The van der Waals surface area contributed by atoms with Crippen LogP contribution in [-0.2, 0) is 65.4 Å². The number of allylic oxidation sites excluding steroid dienone is 4. The molecule has 0 aromatic carbocycles. The fourth-order valence-corrected chi connectivity index (χ4v) is 12.6. The highest BCUT2D eigenvalue weighted by atomic mass is 31.2. The fourth-order valence-electron chi connectivity index (χ4n) is 11.1. The van der Waals surface area contributed by atoms with E-state index in [0.29, 0.717) is 31.6 Å². The van der Waals surface area contributed by atoms with Crippen molar-refractivity contribution >= 4 is 39.5 Å². The molecule has 0 saturated carbocycles. The van der Waals surface area contributed by atoms with Crippen LogP contribution < -0.4 is 0 Å².